The molecule has 1 amide bonds. The Morgan fingerprint density at radius 2 is 2.04 bits per heavy atom. The number of ether oxygens (including phenoxy) is 1. The van der Waals surface area contributed by atoms with E-state index < -0.39 is 0 Å². The van der Waals surface area contributed by atoms with Gasteiger partial charge < -0.3 is 15.4 Å². The summed E-state index contributed by atoms with van der Waals surface area (Å²) in [7, 11) is 1.66. The van der Waals surface area contributed by atoms with Crippen LogP contribution in [-0.2, 0) is 0 Å². The predicted molar refractivity (Wildman–Crippen MR) is 111 cm³/mol. The zero-order valence-electron chi connectivity index (χ0n) is 15.5. The van der Waals surface area contributed by atoms with E-state index in [9.17, 15) is 4.79 Å². The number of hydrogen-bond donors (Lipinski definition) is 1. The van der Waals surface area contributed by atoms with Gasteiger partial charge in [0.1, 0.15) is 5.75 Å². The van der Waals surface area contributed by atoms with Gasteiger partial charge in [-0.25, -0.2) is 0 Å². The van der Waals surface area contributed by atoms with E-state index in [0.717, 1.165) is 52.6 Å². The number of likely N-dealkylation sites (tertiary alicyclic amines) is 1. The van der Waals surface area contributed by atoms with Crippen molar-refractivity contribution in [3.8, 4) is 16.9 Å². The first kappa shape index (κ1) is 20.7. The Balaban J connectivity index is 0.00000243. The molecule has 2 unspecified atom stereocenters. The fourth-order valence-corrected chi connectivity index (χ4v) is 4.43. The number of piperidine rings is 1. The Labute approximate surface area is 165 Å². The average Bonchev–Trinajstić information content (AvgIpc) is 3.03. The van der Waals surface area contributed by atoms with Crippen molar-refractivity contribution in [2.75, 3.05) is 20.2 Å². The van der Waals surface area contributed by atoms with Crippen LogP contribution in [0.3, 0.4) is 0 Å². The number of carbonyl (C=O) groups is 1. The Morgan fingerprint density at radius 3 is 2.65 bits per heavy atom. The smallest absolute Gasteiger partial charge is 0.263 e. The molecule has 26 heavy (non-hydrogen) atoms. The van der Waals surface area contributed by atoms with E-state index in [0.29, 0.717) is 5.92 Å². The van der Waals surface area contributed by atoms with Gasteiger partial charge in [-0.05, 0) is 61.9 Å². The van der Waals surface area contributed by atoms with Gasteiger partial charge in [0.15, 0.2) is 0 Å². The van der Waals surface area contributed by atoms with Gasteiger partial charge in [-0.3, -0.25) is 4.79 Å². The highest BCUT2D eigenvalue weighted by Gasteiger charge is 2.27. The quantitative estimate of drug-likeness (QED) is 0.838. The minimum Gasteiger partial charge on any atom is -0.497 e. The Hall–Kier alpha value is -1.56. The lowest BCUT2D eigenvalue weighted by Crippen LogP contribution is -2.44. The first-order valence-corrected chi connectivity index (χ1v) is 9.61. The normalized spacial score (nSPS) is 18.2. The van der Waals surface area contributed by atoms with Crippen molar-refractivity contribution in [3.63, 3.8) is 0 Å². The lowest BCUT2D eigenvalue weighted by Gasteiger charge is -2.34. The molecule has 142 valence electrons. The van der Waals surface area contributed by atoms with Crippen molar-refractivity contribution >= 4 is 29.7 Å². The number of benzene rings is 1. The summed E-state index contributed by atoms with van der Waals surface area (Å²) in [6.45, 7) is 5.71. The molecule has 1 aliphatic heterocycles. The van der Waals surface area contributed by atoms with Gasteiger partial charge in [0.25, 0.3) is 5.91 Å². The van der Waals surface area contributed by atoms with Gasteiger partial charge in [-0.2, -0.15) is 0 Å². The van der Waals surface area contributed by atoms with Gasteiger partial charge in [-0.15, -0.1) is 23.7 Å². The minimum absolute atomic E-state index is 0. The first-order valence-electron chi connectivity index (χ1n) is 8.79. The molecule has 1 aliphatic rings. The summed E-state index contributed by atoms with van der Waals surface area (Å²) in [5, 5.41) is 0. The van der Waals surface area contributed by atoms with Crippen LogP contribution in [-0.4, -0.2) is 37.0 Å². The fraction of sp³-hybridized carbons (Fsp3) is 0.450. The SMILES string of the molecule is COc1ccc(-c2cc(C(=O)N3CCCC(C(C)N)C3)sc2C)cc1.Cl. The topological polar surface area (TPSA) is 55.6 Å². The van der Waals surface area contributed by atoms with Crippen LogP contribution in [0.1, 0.15) is 34.3 Å². The number of nitrogens with two attached hydrogens (primary N) is 1. The second kappa shape index (κ2) is 8.89. The lowest BCUT2D eigenvalue weighted by molar-refractivity contribution is 0.0666. The highest BCUT2D eigenvalue weighted by atomic mass is 35.5. The van der Waals surface area contributed by atoms with Gasteiger partial charge in [-0.1, -0.05) is 12.1 Å². The molecule has 0 aliphatic carbocycles. The van der Waals surface area contributed by atoms with Crippen molar-refractivity contribution in [2.45, 2.75) is 32.7 Å². The summed E-state index contributed by atoms with van der Waals surface area (Å²) in [6, 6.07) is 10.1. The van der Waals surface area contributed by atoms with E-state index in [-0.39, 0.29) is 24.4 Å². The van der Waals surface area contributed by atoms with Crippen molar-refractivity contribution in [1.29, 1.82) is 0 Å². The molecule has 2 N–H and O–H groups in total. The minimum atomic E-state index is 0. The maximum atomic E-state index is 12.9. The third-order valence-electron chi connectivity index (χ3n) is 5.02. The number of carbonyl (C=O) groups excluding carboxylic acids is 1. The van der Waals surface area contributed by atoms with Crippen LogP contribution < -0.4 is 10.5 Å². The van der Waals surface area contributed by atoms with Crippen molar-refractivity contribution in [1.82, 2.24) is 4.90 Å². The van der Waals surface area contributed by atoms with Crippen LogP contribution in [0.25, 0.3) is 11.1 Å². The molecule has 0 bridgehead atoms. The van der Waals surface area contributed by atoms with Crippen LogP contribution in [0.15, 0.2) is 30.3 Å². The molecule has 4 nitrogen and oxygen atoms in total. The largest absolute Gasteiger partial charge is 0.497 e. The van der Waals surface area contributed by atoms with Gasteiger partial charge in [0, 0.05) is 24.0 Å². The molecule has 0 spiro atoms. The second-order valence-corrected chi connectivity index (χ2v) is 8.08. The molecule has 0 radical (unpaired) electrons. The van der Waals surface area contributed by atoms with E-state index in [1.54, 1.807) is 18.4 Å². The monoisotopic (exact) mass is 394 g/mol. The number of aryl methyl sites for hydroxylation is 1. The molecule has 6 heteroatoms. The molecule has 1 aromatic carbocycles. The van der Waals surface area contributed by atoms with Crippen LogP contribution in [0.5, 0.6) is 5.75 Å². The zero-order valence-corrected chi connectivity index (χ0v) is 17.2. The number of halogens is 1. The molecule has 2 heterocycles. The maximum absolute atomic E-state index is 12.9. The summed E-state index contributed by atoms with van der Waals surface area (Å²) in [5.41, 5.74) is 8.28. The van der Waals surface area contributed by atoms with Crippen molar-refractivity contribution in [2.24, 2.45) is 11.7 Å². The predicted octanol–water partition coefficient (Wildman–Crippen LogP) is 4.35. The number of thiophene rings is 1. The summed E-state index contributed by atoms with van der Waals surface area (Å²) in [6.07, 6.45) is 2.15. The maximum Gasteiger partial charge on any atom is 0.263 e. The Kier molecular flexibility index (Phi) is 7.09. The summed E-state index contributed by atoms with van der Waals surface area (Å²) in [4.78, 5) is 16.9. The van der Waals surface area contributed by atoms with E-state index in [1.807, 2.05) is 42.2 Å². The Bertz CT molecular complexity index is 743. The van der Waals surface area contributed by atoms with Gasteiger partial charge in [0.05, 0.1) is 12.0 Å². The molecule has 2 atom stereocenters. The van der Waals surface area contributed by atoms with Crippen molar-refractivity contribution < 1.29 is 9.53 Å². The summed E-state index contributed by atoms with van der Waals surface area (Å²) >= 11 is 1.58. The summed E-state index contributed by atoms with van der Waals surface area (Å²) in [5.74, 6) is 1.38. The summed E-state index contributed by atoms with van der Waals surface area (Å²) < 4.78 is 5.22. The number of hydrogen-bond acceptors (Lipinski definition) is 4. The zero-order chi connectivity index (χ0) is 18.0. The molecule has 1 fully saturated rings. The third-order valence-corrected chi connectivity index (χ3v) is 6.06. The average molecular weight is 395 g/mol. The van der Waals surface area contributed by atoms with Crippen LogP contribution in [0, 0.1) is 12.8 Å². The number of amides is 1. The number of methoxy groups -OCH3 is 1. The van der Waals surface area contributed by atoms with Gasteiger partial charge >= 0.3 is 0 Å². The molecule has 3 rings (SSSR count). The van der Waals surface area contributed by atoms with Crippen molar-refractivity contribution in [3.05, 3.63) is 40.1 Å². The second-order valence-electron chi connectivity index (χ2n) is 6.82. The molecular formula is C20H27ClN2O2S. The molecule has 1 aromatic heterocycles. The van der Waals surface area contributed by atoms with E-state index in [4.69, 9.17) is 10.5 Å². The highest BCUT2D eigenvalue weighted by Crippen LogP contribution is 2.33. The molecule has 0 saturated carbocycles. The molecule has 2 aromatic rings. The van der Waals surface area contributed by atoms with E-state index in [1.165, 1.54) is 0 Å². The molecule has 1 saturated heterocycles. The number of rotatable bonds is 4. The van der Waals surface area contributed by atoms with Crippen LogP contribution in [0.4, 0.5) is 0 Å². The van der Waals surface area contributed by atoms with E-state index >= 15 is 0 Å². The molecular weight excluding hydrogens is 368 g/mol. The van der Waals surface area contributed by atoms with E-state index in [2.05, 4.69) is 6.92 Å². The van der Waals surface area contributed by atoms with Crippen LogP contribution >= 0.6 is 23.7 Å². The van der Waals surface area contributed by atoms with Crippen LogP contribution in [0.2, 0.25) is 0 Å². The fourth-order valence-electron chi connectivity index (χ4n) is 3.42. The number of nitrogens with zero attached hydrogens (tertiary/aromatic N) is 1. The third kappa shape index (κ3) is 4.40. The Morgan fingerprint density at radius 1 is 1.35 bits per heavy atom. The highest BCUT2D eigenvalue weighted by molar-refractivity contribution is 7.14. The standard InChI is InChI=1S/C20H26N2O2S.ClH/c1-13(21)16-5-4-10-22(12-16)20(23)19-11-18(14(2)25-19)15-6-8-17(24-3)9-7-15;/h6-9,11,13,16H,4-5,10,12,21H2,1-3H3;1H. The lowest BCUT2D eigenvalue weighted by atomic mass is 9.92. The van der Waals surface area contributed by atoms with Gasteiger partial charge in [0.2, 0.25) is 0 Å². The first-order chi connectivity index (χ1) is 12.0.